The zero-order valence-electron chi connectivity index (χ0n) is 23.4. The fourth-order valence-electron chi connectivity index (χ4n) is 4.33. The molecule has 0 aliphatic heterocycles. The molecule has 0 saturated heterocycles. The van der Waals surface area contributed by atoms with Crippen LogP contribution in [0.3, 0.4) is 0 Å². The Hall–Kier alpha value is -0.210. The molecule has 0 heterocycles. The molecule has 0 unspecified atom stereocenters. The van der Waals surface area contributed by atoms with Crippen LogP contribution in [0.25, 0.3) is 0 Å². The summed E-state index contributed by atoms with van der Waals surface area (Å²) in [5.41, 5.74) is 5.46. The smallest absolute Gasteiger partial charge is 0.211 e. The number of rotatable bonds is 30. The van der Waals surface area contributed by atoms with Crippen molar-refractivity contribution < 1.29 is 8.42 Å². The lowest BCUT2D eigenvalue weighted by Gasteiger charge is -2.08. The van der Waals surface area contributed by atoms with Gasteiger partial charge in [0.2, 0.25) is 10.0 Å². The fourth-order valence-corrected chi connectivity index (χ4v) is 5.51. The molecule has 0 aromatic heterocycles. The molecule has 0 bridgehead atoms. The van der Waals surface area contributed by atoms with Crippen LogP contribution in [0.1, 0.15) is 135 Å². The third kappa shape index (κ3) is 29.9. The van der Waals surface area contributed by atoms with Crippen LogP contribution in [-0.2, 0) is 10.0 Å². The molecule has 35 heavy (non-hydrogen) atoms. The Morgan fingerprint density at radius 2 is 0.886 bits per heavy atom. The molecule has 212 valence electrons. The zero-order valence-corrected chi connectivity index (χ0v) is 24.2. The Balaban J connectivity index is 3.29. The van der Waals surface area contributed by atoms with Crippen molar-refractivity contribution in [3.05, 3.63) is 0 Å². The van der Waals surface area contributed by atoms with Gasteiger partial charge >= 0.3 is 0 Å². The van der Waals surface area contributed by atoms with E-state index in [1.54, 1.807) is 0 Å². The standard InChI is InChI=1S/C28H62N4O2S/c1-2-3-4-5-6-7-8-9-10-11-12-13-14-15-16-19-28-35(33,34)32-27-21-26-31-24-18-17-23-30-25-20-22-29/h30-32H,2-29H2,1H3. The second-order valence-electron chi connectivity index (χ2n) is 10.2. The van der Waals surface area contributed by atoms with Gasteiger partial charge in [-0.2, -0.15) is 0 Å². The van der Waals surface area contributed by atoms with Gasteiger partial charge in [0.15, 0.2) is 0 Å². The first-order chi connectivity index (χ1) is 17.1. The Kier molecular flexibility index (Phi) is 28.2. The monoisotopic (exact) mass is 518 g/mol. The highest BCUT2D eigenvalue weighted by Gasteiger charge is 2.08. The summed E-state index contributed by atoms with van der Waals surface area (Å²) >= 11 is 0. The maximum absolute atomic E-state index is 12.1. The zero-order chi connectivity index (χ0) is 25.7. The van der Waals surface area contributed by atoms with Gasteiger partial charge in [-0.3, -0.25) is 0 Å². The molecule has 0 saturated carbocycles. The minimum Gasteiger partial charge on any atom is -0.330 e. The van der Waals surface area contributed by atoms with Gasteiger partial charge in [-0.1, -0.05) is 103 Å². The average molecular weight is 519 g/mol. The van der Waals surface area contributed by atoms with E-state index in [1.165, 1.54) is 89.9 Å². The molecular formula is C28H62N4O2S. The Morgan fingerprint density at radius 1 is 0.486 bits per heavy atom. The highest BCUT2D eigenvalue weighted by molar-refractivity contribution is 7.89. The predicted molar refractivity (Wildman–Crippen MR) is 155 cm³/mol. The first-order valence-corrected chi connectivity index (χ1v) is 16.9. The summed E-state index contributed by atoms with van der Waals surface area (Å²) in [7, 11) is -3.11. The number of nitrogens with two attached hydrogens (primary N) is 1. The SMILES string of the molecule is CCCCCCCCCCCCCCCCCCS(=O)(=O)NCCCNCCCCNCCCN. The number of hydrogen-bond donors (Lipinski definition) is 4. The van der Waals surface area contributed by atoms with Crippen LogP contribution in [0.2, 0.25) is 0 Å². The van der Waals surface area contributed by atoms with Gasteiger partial charge in [-0.25, -0.2) is 13.1 Å². The van der Waals surface area contributed by atoms with Crippen molar-refractivity contribution in [3.8, 4) is 0 Å². The van der Waals surface area contributed by atoms with Crippen LogP contribution in [0, 0.1) is 0 Å². The van der Waals surface area contributed by atoms with Gasteiger partial charge in [-0.15, -0.1) is 0 Å². The Bertz CT molecular complexity index is 503. The van der Waals surface area contributed by atoms with Crippen LogP contribution < -0.4 is 21.1 Å². The van der Waals surface area contributed by atoms with E-state index < -0.39 is 10.0 Å². The van der Waals surface area contributed by atoms with Crippen molar-refractivity contribution in [1.82, 2.24) is 15.4 Å². The van der Waals surface area contributed by atoms with Gasteiger partial charge in [0, 0.05) is 6.54 Å². The van der Waals surface area contributed by atoms with E-state index >= 15 is 0 Å². The summed E-state index contributed by atoms with van der Waals surface area (Å²) < 4.78 is 27.0. The molecule has 7 heteroatoms. The number of hydrogen-bond acceptors (Lipinski definition) is 5. The summed E-state index contributed by atoms with van der Waals surface area (Å²) in [5, 5.41) is 6.77. The van der Waals surface area contributed by atoms with E-state index in [0.29, 0.717) is 6.54 Å². The van der Waals surface area contributed by atoms with E-state index in [2.05, 4.69) is 22.3 Å². The van der Waals surface area contributed by atoms with Crippen LogP contribution in [0.15, 0.2) is 0 Å². The molecule has 0 fully saturated rings. The Labute approximate surface area is 219 Å². The summed E-state index contributed by atoms with van der Waals surface area (Å²) in [6, 6.07) is 0. The van der Waals surface area contributed by atoms with Gasteiger partial charge < -0.3 is 16.4 Å². The normalized spacial score (nSPS) is 11.9. The first-order valence-electron chi connectivity index (χ1n) is 15.2. The van der Waals surface area contributed by atoms with E-state index in [-0.39, 0.29) is 5.75 Å². The van der Waals surface area contributed by atoms with Crippen LogP contribution in [0.5, 0.6) is 0 Å². The molecule has 0 aromatic rings. The lowest BCUT2D eigenvalue weighted by Crippen LogP contribution is -2.29. The summed E-state index contributed by atoms with van der Waals surface area (Å²) in [6.45, 7) is 7.46. The number of sulfonamides is 1. The second-order valence-corrected chi connectivity index (χ2v) is 12.1. The minimum absolute atomic E-state index is 0.274. The lowest BCUT2D eigenvalue weighted by atomic mass is 10.0. The second kappa shape index (κ2) is 28.4. The lowest BCUT2D eigenvalue weighted by molar-refractivity contribution is 0.530. The minimum atomic E-state index is -3.11. The van der Waals surface area contributed by atoms with Crippen molar-refractivity contribution >= 4 is 10.0 Å². The topological polar surface area (TPSA) is 96.2 Å². The fraction of sp³-hybridized carbons (Fsp3) is 1.00. The molecular weight excluding hydrogens is 456 g/mol. The van der Waals surface area contributed by atoms with Crippen molar-refractivity contribution in [1.29, 1.82) is 0 Å². The summed E-state index contributed by atoms with van der Waals surface area (Å²) in [6.07, 6.45) is 25.1. The molecule has 5 N–H and O–H groups in total. The van der Waals surface area contributed by atoms with E-state index in [0.717, 1.165) is 71.2 Å². The van der Waals surface area contributed by atoms with Crippen molar-refractivity contribution in [2.24, 2.45) is 5.73 Å². The summed E-state index contributed by atoms with van der Waals surface area (Å²) in [5.74, 6) is 0.274. The molecule has 0 aliphatic rings. The van der Waals surface area contributed by atoms with Gasteiger partial charge in [0.1, 0.15) is 0 Å². The van der Waals surface area contributed by atoms with E-state index in [1.807, 2.05) is 0 Å². The van der Waals surface area contributed by atoms with Crippen molar-refractivity contribution in [2.45, 2.75) is 135 Å². The van der Waals surface area contributed by atoms with Crippen molar-refractivity contribution in [2.75, 3.05) is 45.0 Å². The highest BCUT2D eigenvalue weighted by atomic mass is 32.2. The largest absolute Gasteiger partial charge is 0.330 e. The van der Waals surface area contributed by atoms with Crippen LogP contribution in [-0.4, -0.2) is 53.4 Å². The molecule has 0 radical (unpaired) electrons. The molecule has 0 spiro atoms. The third-order valence-corrected chi connectivity index (χ3v) is 8.10. The van der Waals surface area contributed by atoms with Crippen molar-refractivity contribution in [3.63, 3.8) is 0 Å². The molecule has 0 aliphatic carbocycles. The average Bonchev–Trinajstić information content (AvgIpc) is 2.84. The van der Waals surface area contributed by atoms with E-state index in [9.17, 15) is 8.42 Å². The number of unbranched alkanes of at least 4 members (excludes halogenated alkanes) is 16. The van der Waals surface area contributed by atoms with Gasteiger partial charge in [0.05, 0.1) is 5.75 Å². The molecule has 0 aromatic carbocycles. The molecule has 0 rings (SSSR count). The van der Waals surface area contributed by atoms with Gasteiger partial charge in [-0.05, 0) is 64.8 Å². The maximum atomic E-state index is 12.1. The summed E-state index contributed by atoms with van der Waals surface area (Å²) in [4.78, 5) is 0. The van der Waals surface area contributed by atoms with Crippen LogP contribution in [0.4, 0.5) is 0 Å². The van der Waals surface area contributed by atoms with E-state index in [4.69, 9.17) is 5.73 Å². The maximum Gasteiger partial charge on any atom is 0.211 e. The Morgan fingerprint density at radius 3 is 1.34 bits per heavy atom. The molecule has 0 atom stereocenters. The predicted octanol–water partition coefficient (Wildman–Crippen LogP) is 5.87. The quantitative estimate of drug-likeness (QED) is 0.0892. The van der Waals surface area contributed by atoms with Gasteiger partial charge in [0.25, 0.3) is 0 Å². The number of nitrogens with one attached hydrogen (secondary N) is 3. The van der Waals surface area contributed by atoms with Crippen LogP contribution >= 0.6 is 0 Å². The molecule has 0 amide bonds. The first kappa shape index (κ1) is 34.8. The third-order valence-electron chi connectivity index (χ3n) is 6.63. The highest BCUT2D eigenvalue weighted by Crippen LogP contribution is 2.13. The molecule has 6 nitrogen and oxygen atoms in total.